The van der Waals surface area contributed by atoms with E-state index >= 15 is 4.39 Å². The zero-order chi connectivity index (χ0) is 19.1. The van der Waals surface area contributed by atoms with Crippen LogP contribution in [0.25, 0.3) is 39.1 Å². The van der Waals surface area contributed by atoms with Gasteiger partial charge in [-0.1, -0.05) is 5.21 Å². The molecule has 0 atom stereocenters. The van der Waals surface area contributed by atoms with Crippen molar-refractivity contribution in [1.82, 2.24) is 35.2 Å². The number of hydrogen-bond donors (Lipinski definition) is 1. The molecular formula is C19H11F2N7. The smallest absolute Gasteiger partial charge is 0.220 e. The molecule has 28 heavy (non-hydrogen) atoms. The number of fused-ring (bicyclic) bond motifs is 1. The third-order valence-corrected chi connectivity index (χ3v) is 4.38. The number of aromatic nitrogens is 7. The molecule has 0 amide bonds. The number of hydrogen-bond acceptors (Lipinski definition) is 5. The van der Waals surface area contributed by atoms with Crippen LogP contribution in [0.5, 0.6) is 0 Å². The van der Waals surface area contributed by atoms with Crippen molar-refractivity contribution in [2.24, 2.45) is 0 Å². The molecular weight excluding hydrogens is 364 g/mol. The standard InChI is InChI=1S/C19H11F2N7/c20-17-12(13-2-1-7-23-19(13)21)3-4-14-16(17)18(26-24-14)15-10-28(27-25-15)11-5-8-22-9-6-11/h1-10H,(H,24,26). The molecule has 4 aromatic heterocycles. The van der Waals surface area contributed by atoms with Gasteiger partial charge in [0.25, 0.3) is 0 Å². The molecule has 1 aromatic carbocycles. The van der Waals surface area contributed by atoms with Crippen molar-refractivity contribution in [3.05, 3.63) is 73.0 Å². The van der Waals surface area contributed by atoms with Crippen LogP contribution in [-0.4, -0.2) is 35.2 Å². The van der Waals surface area contributed by atoms with Gasteiger partial charge in [0.15, 0.2) is 0 Å². The monoisotopic (exact) mass is 375 g/mol. The molecule has 0 saturated heterocycles. The van der Waals surface area contributed by atoms with E-state index in [0.717, 1.165) is 5.69 Å². The summed E-state index contributed by atoms with van der Waals surface area (Å²) in [6, 6.07) is 9.71. The molecule has 0 unspecified atom stereocenters. The molecule has 0 aliphatic rings. The van der Waals surface area contributed by atoms with Gasteiger partial charge in [0, 0.05) is 29.7 Å². The van der Waals surface area contributed by atoms with Gasteiger partial charge in [-0.05, 0) is 36.4 Å². The Balaban J connectivity index is 1.67. The summed E-state index contributed by atoms with van der Waals surface area (Å²) in [5, 5.41) is 15.4. The molecule has 1 N–H and O–H groups in total. The zero-order valence-electron chi connectivity index (χ0n) is 14.2. The molecule has 0 radical (unpaired) electrons. The number of nitrogens with zero attached hydrogens (tertiary/aromatic N) is 6. The lowest BCUT2D eigenvalue weighted by Gasteiger charge is -2.05. The van der Waals surface area contributed by atoms with Crippen molar-refractivity contribution in [2.75, 3.05) is 0 Å². The van der Waals surface area contributed by atoms with E-state index in [1.54, 1.807) is 47.5 Å². The van der Waals surface area contributed by atoms with E-state index in [1.165, 1.54) is 18.3 Å². The number of halogens is 2. The van der Waals surface area contributed by atoms with Crippen LogP contribution in [0.2, 0.25) is 0 Å². The summed E-state index contributed by atoms with van der Waals surface area (Å²) in [5.41, 5.74) is 2.08. The first-order valence-electron chi connectivity index (χ1n) is 8.33. The van der Waals surface area contributed by atoms with Crippen molar-refractivity contribution in [3.63, 3.8) is 0 Å². The van der Waals surface area contributed by atoms with Gasteiger partial charge in [-0.25, -0.2) is 14.1 Å². The highest BCUT2D eigenvalue weighted by Gasteiger charge is 2.20. The fraction of sp³-hybridized carbons (Fsp3) is 0. The van der Waals surface area contributed by atoms with Gasteiger partial charge in [0.2, 0.25) is 5.95 Å². The lowest BCUT2D eigenvalue weighted by atomic mass is 10.0. The fourth-order valence-corrected chi connectivity index (χ4v) is 3.05. The molecule has 0 bridgehead atoms. The third-order valence-electron chi connectivity index (χ3n) is 4.38. The Morgan fingerprint density at radius 1 is 0.929 bits per heavy atom. The molecule has 0 aliphatic heterocycles. The van der Waals surface area contributed by atoms with Gasteiger partial charge in [0.1, 0.15) is 17.2 Å². The molecule has 9 heteroatoms. The molecule has 5 aromatic rings. The maximum atomic E-state index is 15.3. The number of pyridine rings is 2. The van der Waals surface area contributed by atoms with Gasteiger partial charge in [0.05, 0.1) is 22.8 Å². The average molecular weight is 375 g/mol. The first-order valence-corrected chi connectivity index (χ1v) is 8.33. The highest BCUT2D eigenvalue weighted by atomic mass is 19.1. The molecule has 136 valence electrons. The van der Waals surface area contributed by atoms with E-state index in [9.17, 15) is 4.39 Å². The molecule has 0 saturated carbocycles. The van der Waals surface area contributed by atoms with Crippen LogP contribution in [0.1, 0.15) is 0 Å². The van der Waals surface area contributed by atoms with Crippen molar-refractivity contribution < 1.29 is 8.78 Å². The Morgan fingerprint density at radius 2 is 1.79 bits per heavy atom. The van der Waals surface area contributed by atoms with E-state index in [4.69, 9.17) is 0 Å². The fourth-order valence-electron chi connectivity index (χ4n) is 3.05. The summed E-state index contributed by atoms with van der Waals surface area (Å²) in [4.78, 5) is 7.56. The van der Waals surface area contributed by atoms with Crippen LogP contribution in [0.4, 0.5) is 8.78 Å². The lowest BCUT2D eigenvalue weighted by molar-refractivity contribution is 0.584. The van der Waals surface area contributed by atoms with E-state index in [-0.39, 0.29) is 16.5 Å². The van der Waals surface area contributed by atoms with Crippen LogP contribution < -0.4 is 0 Å². The SMILES string of the molecule is Fc1ncccc1-c1ccc2[nH]nc(-c3cn(-c4ccncc4)nn3)c2c1F. The normalized spacial score (nSPS) is 11.2. The number of nitrogens with one attached hydrogen (secondary N) is 1. The minimum absolute atomic E-state index is 0.0782. The maximum Gasteiger partial charge on any atom is 0.220 e. The Labute approximate surface area is 156 Å². The van der Waals surface area contributed by atoms with Crippen LogP contribution in [-0.2, 0) is 0 Å². The largest absolute Gasteiger partial charge is 0.277 e. The van der Waals surface area contributed by atoms with Crippen LogP contribution in [0, 0.1) is 11.8 Å². The number of benzene rings is 1. The molecule has 0 fully saturated rings. The highest BCUT2D eigenvalue weighted by molar-refractivity contribution is 5.95. The van der Waals surface area contributed by atoms with Crippen molar-refractivity contribution in [2.45, 2.75) is 0 Å². The van der Waals surface area contributed by atoms with Gasteiger partial charge >= 0.3 is 0 Å². The summed E-state index contributed by atoms with van der Waals surface area (Å²) in [7, 11) is 0. The minimum Gasteiger partial charge on any atom is -0.277 e. The second kappa shape index (κ2) is 6.31. The Morgan fingerprint density at radius 3 is 2.61 bits per heavy atom. The third kappa shape index (κ3) is 2.52. The average Bonchev–Trinajstić information content (AvgIpc) is 3.37. The van der Waals surface area contributed by atoms with Gasteiger partial charge < -0.3 is 0 Å². The second-order valence-corrected chi connectivity index (χ2v) is 6.02. The molecule has 7 nitrogen and oxygen atoms in total. The Bertz CT molecular complexity index is 1290. The summed E-state index contributed by atoms with van der Waals surface area (Å²) in [6.45, 7) is 0. The van der Waals surface area contributed by atoms with Crippen molar-refractivity contribution >= 4 is 10.9 Å². The van der Waals surface area contributed by atoms with Crippen LogP contribution >= 0.6 is 0 Å². The summed E-state index contributed by atoms with van der Waals surface area (Å²) < 4.78 is 30.9. The first kappa shape index (κ1) is 16.2. The van der Waals surface area contributed by atoms with Crippen molar-refractivity contribution in [1.29, 1.82) is 0 Å². The minimum atomic E-state index is -0.741. The highest BCUT2D eigenvalue weighted by Crippen LogP contribution is 2.34. The van der Waals surface area contributed by atoms with Crippen LogP contribution in [0.3, 0.4) is 0 Å². The second-order valence-electron chi connectivity index (χ2n) is 6.02. The first-order chi connectivity index (χ1) is 13.7. The number of H-pyrrole nitrogens is 1. The van der Waals surface area contributed by atoms with E-state index in [0.29, 0.717) is 16.9 Å². The molecule has 5 rings (SSSR count). The zero-order valence-corrected chi connectivity index (χ0v) is 14.2. The Hall–Kier alpha value is -4.01. The van der Waals surface area contributed by atoms with Gasteiger partial charge in [-0.2, -0.15) is 9.49 Å². The molecule has 0 aliphatic carbocycles. The van der Waals surface area contributed by atoms with E-state index < -0.39 is 11.8 Å². The predicted molar refractivity (Wildman–Crippen MR) is 97.4 cm³/mol. The predicted octanol–water partition coefficient (Wildman–Crippen LogP) is 3.55. The Kier molecular flexibility index (Phi) is 3.64. The summed E-state index contributed by atoms with van der Waals surface area (Å²) >= 11 is 0. The summed E-state index contributed by atoms with van der Waals surface area (Å²) in [6.07, 6.45) is 6.22. The van der Waals surface area contributed by atoms with Gasteiger partial charge in [-0.3, -0.25) is 10.1 Å². The van der Waals surface area contributed by atoms with Crippen molar-refractivity contribution in [3.8, 4) is 28.2 Å². The maximum absolute atomic E-state index is 15.3. The van der Waals surface area contributed by atoms with Gasteiger partial charge in [-0.15, -0.1) is 5.10 Å². The topological polar surface area (TPSA) is 85.2 Å². The molecule has 4 heterocycles. The lowest BCUT2D eigenvalue weighted by Crippen LogP contribution is -1.94. The quantitative estimate of drug-likeness (QED) is 0.488. The molecule has 0 spiro atoms. The van der Waals surface area contributed by atoms with Crippen LogP contribution in [0.15, 0.2) is 61.2 Å². The van der Waals surface area contributed by atoms with E-state index in [1.807, 2.05) is 0 Å². The number of aromatic amines is 1. The van der Waals surface area contributed by atoms with E-state index in [2.05, 4.69) is 30.5 Å². The number of rotatable bonds is 3. The summed E-state index contributed by atoms with van der Waals surface area (Å²) in [5.74, 6) is -1.35.